The zero-order chi connectivity index (χ0) is 34.3. The van der Waals surface area contributed by atoms with Crippen LogP contribution in [-0.2, 0) is 19.0 Å². The van der Waals surface area contributed by atoms with Crippen molar-refractivity contribution in [1.29, 1.82) is 0 Å². The molecule has 268 valence electrons. The van der Waals surface area contributed by atoms with E-state index in [0.717, 1.165) is 0 Å². The standard InChI is InChI=1S/C21H41N5O8.C6H14O3.CH5N/c22-2-1-12(27)8-25-9-16-18(30)14(28)5-17(33-16)34-19-13(24)3-11(4-15(19)29)26-20(31)21(32)6-10(23)7-21;1-3-5(7)6(8)9-4-2;1-2/h10-19,25,27-30,32H,1-9,22-24H2,(H,26,31);5-8H,3-4H2,1-2H3;2H2,1H3/t10?,11?,12?,13?,14?,15?,16?,17-,18+,19-,21?;;/m1../s1. The Hall–Kier alpha value is -1.13. The third-order valence-electron chi connectivity index (χ3n) is 8.00. The van der Waals surface area contributed by atoms with Gasteiger partial charge in [-0.25, -0.2) is 0 Å². The van der Waals surface area contributed by atoms with Gasteiger partial charge in [-0.15, -0.1) is 0 Å². The van der Waals surface area contributed by atoms with Crippen LogP contribution in [0, 0.1) is 0 Å². The van der Waals surface area contributed by atoms with Crippen LogP contribution < -0.4 is 33.6 Å². The average Bonchev–Trinajstić information content (AvgIpc) is 2.97. The summed E-state index contributed by atoms with van der Waals surface area (Å²) in [6, 6.07) is -1.27. The summed E-state index contributed by atoms with van der Waals surface area (Å²) in [4.78, 5) is 12.4. The number of hydrogen-bond donors (Lipinski definition) is 13. The van der Waals surface area contributed by atoms with E-state index in [1.54, 1.807) is 13.8 Å². The average molecular weight is 657 g/mol. The number of carbonyl (C=O) groups is 1. The Bertz CT molecular complexity index is 803. The van der Waals surface area contributed by atoms with E-state index in [-0.39, 0.29) is 44.8 Å². The van der Waals surface area contributed by atoms with Crippen molar-refractivity contribution in [2.75, 3.05) is 33.3 Å². The summed E-state index contributed by atoms with van der Waals surface area (Å²) in [7, 11) is 1.50. The van der Waals surface area contributed by atoms with Gasteiger partial charge in [0.2, 0.25) is 0 Å². The van der Waals surface area contributed by atoms with E-state index in [1.165, 1.54) is 7.05 Å². The topological polar surface area (TPSA) is 315 Å². The fourth-order valence-electron chi connectivity index (χ4n) is 5.41. The molecule has 3 rings (SSSR count). The molecule has 0 radical (unpaired) electrons. The van der Waals surface area contributed by atoms with Crippen LogP contribution in [0.1, 0.15) is 58.8 Å². The molecular formula is C28H60N6O11. The van der Waals surface area contributed by atoms with Gasteiger partial charge in [0, 0.05) is 57.1 Å². The summed E-state index contributed by atoms with van der Waals surface area (Å²) < 4.78 is 16.4. The van der Waals surface area contributed by atoms with Crippen LogP contribution in [0.4, 0.5) is 0 Å². The lowest BCUT2D eigenvalue weighted by Crippen LogP contribution is -2.64. The molecule has 8 unspecified atom stereocenters. The van der Waals surface area contributed by atoms with Crippen LogP contribution in [0.15, 0.2) is 0 Å². The van der Waals surface area contributed by atoms with Crippen LogP contribution in [0.3, 0.4) is 0 Å². The Morgan fingerprint density at radius 2 is 1.69 bits per heavy atom. The second-order valence-corrected chi connectivity index (χ2v) is 11.8. The van der Waals surface area contributed by atoms with Crippen LogP contribution >= 0.6 is 0 Å². The molecule has 1 saturated heterocycles. The zero-order valence-electron chi connectivity index (χ0n) is 26.8. The highest BCUT2D eigenvalue weighted by atomic mass is 16.7. The van der Waals surface area contributed by atoms with Crippen molar-refractivity contribution in [1.82, 2.24) is 10.6 Å². The lowest BCUT2D eigenvalue weighted by atomic mass is 9.75. The molecule has 2 saturated carbocycles. The molecule has 0 aromatic carbocycles. The first-order chi connectivity index (χ1) is 21.2. The summed E-state index contributed by atoms with van der Waals surface area (Å²) in [6.07, 6.45) is -6.33. The second-order valence-electron chi connectivity index (χ2n) is 11.8. The van der Waals surface area contributed by atoms with Crippen LogP contribution in [-0.4, -0.2) is 154 Å². The predicted molar refractivity (Wildman–Crippen MR) is 164 cm³/mol. The van der Waals surface area contributed by atoms with Crippen LogP contribution in [0.25, 0.3) is 0 Å². The Kier molecular flexibility index (Phi) is 19.5. The molecule has 17 N–H and O–H groups in total. The quantitative estimate of drug-likeness (QED) is 0.0778. The van der Waals surface area contributed by atoms with Crippen molar-refractivity contribution < 1.29 is 54.8 Å². The van der Waals surface area contributed by atoms with Crippen LogP contribution in [0.2, 0.25) is 0 Å². The van der Waals surface area contributed by atoms with Gasteiger partial charge in [0.1, 0.15) is 30.0 Å². The highest BCUT2D eigenvalue weighted by Crippen LogP contribution is 2.32. The molecule has 45 heavy (non-hydrogen) atoms. The highest BCUT2D eigenvalue weighted by molar-refractivity contribution is 5.86. The molecule has 2 aliphatic carbocycles. The summed E-state index contributed by atoms with van der Waals surface area (Å²) in [5.41, 5.74) is 20.3. The minimum absolute atomic E-state index is 0.00312. The fraction of sp³-hybridized carbons (Fsp3) is 0.964. The van der Waals surface area contributed by atoms with Crippen molar-refractivity contribution >= 4 is 5.91 Å². The molecule has 17 nitrogen and oxygen atoms in total. The molecule has 0 spiro atoms. The van der Waals surface area contributed by atoms with Crippen molar-refractivity contribution in [2.45, 2.75) is 138 Å². The Morgan fingerprint density at radius 1 is 1.04 bits per heavy atom. The van der Waals surface area contributed by atoms with E-state index >= 15 is 0 Å². The van der Waals surface area contributed by atoms with Crippen molar-refractivity contribution in [3.63, 3.8) is 0 Å². The Labute approximate surface area is 265 Å². The van der Waals surface area contributed by atoms with Crippen molar-refractivity contribution in [2.24, 2.45) is 22.9 Å². The van der Waals surface area contributed by atoms with E-state index < -0.39 is 78.9 Å². The number of nitrogens with one attached hydrogen (secondary N) is 2. The number of carbonyl (C=O) groups excluding carboxylic acids is 1. The Balaban J connectivity index is 0.000000792. The van der Waals surface area contributed by atoms with Gasteiger partial charge in [-0.05, 0) is 46.2 Å². The SMILES string of the molecule is CCOC(O)C(O)CC.CN.NCCC(O)CNCC1O[C@H](O[C@@H]2C(N)CC(NC(=O)C3(O)CC(N)C3)CC2O)CC(O)[C@@H]1O. The second kappa shape index (κ2) is 21.0. The van der Waals surface area contributed by atoms with Gasteiger partial charge in [0.15, 0.2) is 12.6 Å². The lowest BCUT2D eigenvalue weighted by molar-refractivity contribution is -0.276. The van der Waals surface area contributed by atoms with Gasteiger partial charge in [0.05, 0.1) is 18.3 Å². The molecule has 1 amide bonds. The number of aliphatic hydroxyl groups excluding tert-OH is 6. The number of hydrogen-bond acceptors (Lipinski definition) is 16. The first-order valence-electron chi connectivity index (χ1n) is 15.8. The molecule has 1 aliphatic heterocycles. The third kappa shape index (κ3) is 13.5. The summed E-state index contributed by atoms with van der Waals surface area (Å²) >= 11 is 0. The molecule has 3 aliphatic rings. The molecular weight excluding hydrogens is 596 g/mol. The summed E-state index contributed by atoms with van der Waals surface area (Å²) in [5.74, 6) is -0.516. The van der Waals surface area contributed by atoms with E-state index in [0.29, 0.717) is 32.4 Å². The summed E-state index contributed by atoms with van der Waals surface area (Å²) in [6.45, 7) is 4.76. The Morgan fingerprint density at radius 3 is 2.22 bits per heavy atom. The van der Waals surface area contributed by atoms with Crippen molar-refractivity contribution in [3.05, 3.63) is 0 Å². The highest BCUT2D eigenvalue weighted by Gasteiger charge is 2.49. The van der Waals surface area contributed by atoms with E-state index in [9.17, 15) is 30.3 Å². The molecule has 0 aromatic heterocycles. The van der Waals surface area contributed by atoms with Gasteiger partial charge in [-0.3, -0.25) is 4.79 Å². The molecule has 0 bridgehead atoms. The maximum absolute atomic E-state index is 12.4. The predicted octanol–water partition coefficient (Wildman–Crippen LogP) is -4.99. The van der Waals surface area contributed by atoms with Gasteiger partial charge in [-0.1, -0.05) is 6.92 Å². The van der Waals surface area contributed by atoms with E-state index in [1.807, 2.05) is 0 Å². The molecule has 1 heterocycles. The van der Waals surface area contributed by atoms with Gasteiger partial charge in [-0.2, -0.15) is 0 Å². The van der Waals surface area contributed by atoms with Gasteiger partial charge < -0.3 is 83.5 Å². The molecule has 3 fully saturated rings. The number of rotatable bonds is 14. The number of nitrogens with two attached hydrogens (primary N) is 4. The number of aliphatic hydroxyl groups is 7. The number of amides is 1. The third-order valence-corrected chi connectivity index (χ3v) is 8.00. The van der Waals surface area contributed by atoms with E-state index in [4.69, 9.17) is 41.6 Å². The minimum atomic E-state index is -1.47. The lowest BCUT2D eigenvalue weighted by Gasteiger charge is -2.44. The van der Waals surface area contributed by atoms with Gasteiger partial charge in [0.25, 0.3) is 5.91 Å². The number of ether oxygens (including phenoxy) is 3. The maximum atomic E-state index is 12.4. The minimum Gasteiger partial charge on any atom is -0.392 e. The monoisotopic (exact) mass is 656 g/mol. The van der Waals surface area contributed by atoms with E-state index in [2.05, 4.69) is 16.4 Å². The molecule has 17 heteroatoms. The fourth-order valence-corrected chi connectivity index (χ4v) is 5.41. The van der Waals surface area contributed by atoms with Crippen molar-refractivity contribution in [3.8, 4) is 0 Å². The molecule has 0 aromatic rings. The summed E-state index contributed by atoms with van der Waals surface area (Å²) in [5, 5.41) is 74.7. The first-order valence-corrected chi connectivity index (χ1v) is 15.8. The zero-order valence-corrected chi connectivity index (χ0v) is 26.8. The maximum Gasteiger partial charge on any atom is 0.252 e. The van der Waals surface area contributed by atoms with Crippen LogP contribution in [0.5, 0.6) is 0 Å². The normalized spacial score (nSPS) is 36.6. The molecule has 11 atom stereocenters. The smallest absolute Gasteiger partial charge is 0.252 e. The first kappa shape index (κ1) is 41.9. The largest absolute Gasteiger partial charge is 0.392 e. The van der Waals surface area contributed by atoms with Gasteiger partial charge >= 0.3 is 0 Å².